The lowest BCUT2D eigenvalue weighted by molar-refractivity contribution is -0.131. The van der Waals surface area contributed by atoms with Crippen LogP contribution in [0, 0.1) is 6.92 Å². The van der Waals surface area contributed by atoms with Gasteiger partial charge in [-0.3, -0.25) is 4.79 Å². The van der Waals surface area contributed by atoms with Crippen LogP contribution in [-0.4, -0.2) is 33.4 Å². The third-order valence-electron chi connectivity index (χ3n) is 6.53. The lowest BCUT2D eigenvalue weighted by Crippen LogP contribution is -2.40. The summed E-state index contributed by atoms with van der Waals surface area (Å²) in [7, 11) is 0. The molecule has 3 aromatic carbocycles. The predicted molar refractivity (Wildman–Crippen MR) is 129 cm³/mol. The normalized spacial score (nSPS) is 14.7. The Labute approximate surface area is 189 Å². The highest BCUT2D eigenvalue weighted by molar-refractivity contribution is 5.79. The number of para-hydroxylation sites is 2. The molecular formula is C28H29N3O. The molecule has 0 atom stereocenters. The Morgan fingerprint density at radius 3 is 2.31 bits per heavy atom. The van der Waals surface area contributed by atoms with Gasteiger partial charge in [0.1, 0.15) is 5.82 Å². The van der Waals surface area contributed by atoms with Crippen LogP contribution in [0.5, 0.6) is 0 Å². The molecule has 1 aromatic heterocycles. The number of benzene rings is 3. The molecular weight excluding hydrogens is 394 g/mol. The summed E-state index contributed by atoms with van der Waals surface area (Å²) in [6.07, 6.45) is 3.23. The first-order valence-electron chi connectivity index (χ1n) is 11.5. The van der Waals surface area contributed by atoms with Crippen molar-refractivity contribution < 1.29 is 4.79 Å². The number of piperidine rings is 1. The smallest absolute Gasteiger partial charge is 0.226 e. The SMILES string of the molecule is Cc1ccc(CC(=O)N2CCC(n3c(Cc4ccccc4)nc4ccccc43)CC2)cc1. The lowest BCUT2D eigenvalue weighted by atomic mass is 10.0. The molecule has 0 unspecified atom stereocenters. The molecule has 0 saturated carbocycles. The molecule has 0 radical (unpaired) electrons. The van der Waals surface area contributed by atoms with Gasteiger partial charge in [0.25, 0.3) is 0 Å². The second-order valence-corrected chi connectivity index (χ2v) is 8.82. The molecule has 162 valence electrons. The van der Waals surface area contributed by atoms with E-state index in [-0.39, 0.29) is 5.91 Å². The van der Waals surface area contributed by atoms with E-state index < -0.39 is 0 Å². The number of carbonyl (C=O) groups excluding carboxylic acids is 1. The molecule has 0 bridgehead atoms. The third-order valence-corrected chi connectivity index (χ3v) is 6.53. The number of hydrogen-bond donors (Lipinski definition) is 0. The van der Waals surface area contributed by atoms with Gasteiger partial charge in [-0.2, -0.15) is 0 Å². The number of carbonyl (C=O) groups is 1. The van der Waals surface area contributed by atoms with Crippen LogP contribution in [0.3, 0.4) is 0 Å². The summed E-state index contributed by atoms with van der Waals surface area (Å²) in [6.45, 7) is 3.67. The van der Waals surface area contributed by atoms with Crippen molar-refractivity contribution in [3.8, 4) is 0 Å². The maximum absolute atomic E-state index is 12.9. The summed E-state index contributed by atoms with van der Waals surface area (Å²) in [4.78, 5) is 19.9. The molecule has 0 spiro atoms. The highest BCUT2D eigenvalue weighted by Gasteiger charge is 2.26. The van der Waals surface area contributed by atoms with Gasteiger partial charge in [0.15, 0.2) is 0 Å². The van der Waals surface area contributed by atoms with Crippen molar-refractivity contribution >= 4 is 16.9 Å². The van der Waals surface area contributed by atoms with Crippen LogP contribution >= 0.6 is 0 Å². The van der Waals surface area contributed by atoms with Gasteiger partial charge in [0.2, 0.25) is 5.91 Å². The molecule has 1 aliphatic rings. The van der Waals surface area contributed by atoms with Crippen LogP contribution in [0.15, 0.2) is 78.9 Å². The minimum absolute atomic E-state index is 0.229. The van der Waals surface area contributed by atoms with Gasteiger partial charge >= 0.3 is 0 Å². The zero-order chi connectivity index (χ0) is 21.9. The van der Waals surface area contributed by atoms with Crippen molar-refractivity contribution in [2.45, 2.75) is 38.6 Å². The Balaban J connectivity index is 1.32. The van der Waals surface area contributed by atoms with Gasteiger partial charge in [-0.15, -0.1) is 0 Å². The topological polar surface area (TPSA) is 38.1 Å². The number of nitrogens with zero attached hydrogens (tertiary/aromatic N) is 3. The first kappa shape index (κ1) is 20.5. The minimum Gasteiger partial charge on any atom is -0.342 e. The van der Waals surface area contributed by atoms with E-state index in [9.17, 15) is 4.79 Å². The molecule has 1 saturated heterocycles. The number of fused-ring (bicyclic) bond motifs is 1. The fourth-order valence-electron chi connectivity index (χ4n) is 4.77. The number of amides is 1. The van der Waals surface area contributed by atoms with E-state index in [1.54, 1.807) is 0 Å². The molecule has 4 nitrogen and oxygen atoms in total. The second-order valence-electron chi connectivity index (χ2n) is 8.82. The molecule has 1 fully saturated rings. The second kappa shape index (κ2) is 8.99. The summed E-state index contributed by atoms with van der Waals surface area (Å²) >= 11 is 0. The van der Waals surface area contributed by atoms with Crippen molar-refractivity contribution in [2.24, 2.45) is 0 Å². The van der Waals surface area contributed by atoms with E-state index in [0.717, 1.165) is 49.3 Å². The van der Waals surface area contributed by atoms with E-state index in [4.69, 9.17) is 4.98 Å². The van der Waals surface area contributed by atoms with Crippen molar-refractivity contribution in [2.75, 3.05) is 13.1 Å². The van der Waals surface area contributed by atoms with Crippen molar-refractivity contribution in [1.82, 2.24) is 14.5 Å². The van der Waals surface area contributed by atoms with Crippen LogP contribution < -0.4 is 0 Å². The van der Waals surface area contributed by atoms with E-state index in [0.29, 0.717) is 12.5 Å². The first-order valence-corrected chi connectivity index (χ1v) is 11.5. The molecule has 5 rings (SSSR count). The highest BCUT2D eigenvalue weighted by atomic mass is 16.2. The van der Waals surface area contributed by atoms with Gasteiger partial charge in [-0.25, -0.2) is 4.98 Å². The zero-order valence-corrected chi connectivity index (χ0v) is 18.6. The number of likely N-dealkylation sites (tertiary alicyclic amines) is 1. The number of hydrogen-bond acceptors (Lipinski definition) is 2. The van der Waals surface area contributed by atoms with Gasteiger partial charge in [0, 0.05) is 25.6 Å². The summed E-state index contributed by atoms with van der Waals surface area (Å²) < 4.78 is 2.43. The monoisotopic (exact) mass is 423 g/mol. The minimum atomic E-state index is 0.229. The van der Waals surface area contributed by atoms with Crippen molar-refractivity contribution in [3.63, 3.8) is 0 Å². The average Bonchev–Trinajstić information content (AvgIpc) is 3.19. The van der Waals surface area contributed by atoms with E-state index in [1.165, 1.54) is 16.6 Å². The average molecular weight is 424 g/mol. The molecule has 1 aliphatic heterocycles. The highest BCUT2D eigenvalue weighted by Crippen LogP contribution is 2.30. The Bertz CT molecular complexity index is 1200. The van der Waals surface area contributed by atoms with Crippen LogP contribution in [0.1, 0.15) is 41.4 Å². The molecule has 0 aliphatic carbocycles. The van der Waals surface area contributed by atoms with Crippen molar-refractivity contribution in [3.05, 3.63) is 101 Å². The summed E-state index contributed by atoms with van der Waals surface area (Å²) in [5.74, 6) is 1.34. The van der Waals surface area contributed by atoms with Crippen molar-refractivity contribution in [1.29, 1.82) is 0 Å². The molecule has 32 heavy (non-hydrogen) atoms. The summed E-state index contributed by atoms with van der Waals surface area (Å²) in [5.41, 5.74) is 5.84. The lowest BCUT2D eigenvalue weighted by Gasteiger charge is -2.34. The molecule has 1 amide bonds. The van der Waals surface area contributed by atoms with E-state index >= 15 is 0 Å². The Hall–Kier alpha value is -3.40. The zero-order valence-electron chi connectivity index (χ0n) is 18.6. The maximum atomic E-state index is 12.9. The molecule has 2 heterocycles. The van der Waals surface area contributed by atoms with Crippen LogP contribution in [0.2, 0.25) is 0 Å². The number of aryl methyl sites for hydroxylation is 1. The fourth-order valence-corrected chi connectivity index (χ4v) is 4.77. The standard InChI is InChI=1S/C28H29N3O/c1-21-11-13-23(14-12-21)20-28(32)30-17-15-24(16-18-30)31-26-10-6-5-9-25(26)29-27(31)19-22-7-3-2-4-8-22/h2-14,24H,15-20H2,1H3. The number of rotatable bonds is 5. The van der Waals surface area contributed by atoms with Gasteiger partial charge < -0.3 is 9.47 Å². The van der Waals surface area contributed by atoms with Gasteiger partial charge in [-0.1, -0.05) is 72.3 Å². The molecule has 4 heteroatoms. The maximum Gasteiger partial charge on any atom is 0.226 e. The summed E-state index contributed by atoms with van der Waals surface area (Å²) in [6, 6.07) is 27.6. The predicted octanol–water partition coefficient (Wildman–Crippen LogP) is 5.34. The Morgan fingerprint density at radius 2 is 1.56 bits per heavy atom. The third kappa shape index (κ3) is 4.31. The molecule has 4 aromatic rings. The quantitative estimate of drug-likeness (QED) is 0.434. The largest absolute Gasteiger partial charge is 0.342 e. The number of aromatic nitrogens is 2. The summed E-state index contributed by atoms with van der Waals surface area (Å²) in [5, 5.41) is 0. The Morgan fingerprint density at radius 1 is 0.875 bits per heavy atom. The van der Waals surface area contributed by atoms with Crippen LogP contribution in [0.4, 0.5) is 0 Å². The van der Waals surface area contributed by atoms with E-state index in [2.05, 4.69) is 90.4 Å². The van der Waals surface area contributed by atoms with Crippen LogP contribution in [0.25, 0.3) is 11.0 Å². The number of imidazole rings is 1. The van der Waals surface area contributed by atoms with Crippen LogP contribution in [-0.2, 0) is 17.6 Å². The van der Waals surface area contributed by atoms with Gasteiger partial charge in [0.05, 0.1) is 17.5 Å². The van der Waals surface area contributed by atoms with Gasteiger partial charge in [-0.05, 0) is 43.0 Å². The first-order chi connectivity index (χ1) is 15.7. The Kier molecular flexibility index (Phi) is 5.76. The fraction of sp³-hybridized carbons (Fsp3) is 0.286. The van der Waals surface area contributed by atoms with E-state index in [1.807, 2.05) is 4.90 Å². The molecule has 0 N–H and O–H groups in total.